The molecule has 1 heterocycles. The topological polar surface area (TPSA) is 38.3 Å². The van der Waals surface area contributed by atoms with Crippen molar-refractivity contribution >= 4 is 10.8 Å². The Labute approximate surface area is 111 Å². The molecule has 0 bridgehead atoms. The van der Waals surface area contributed by atoms with Crippen LogP contribution in [0.3, 0.4) is 0 Å². The summed E-state index contributed by atoms with van der Waals surface area (Å²) in [6.45, 7) is 2.16. The molecule has 1 saturated heterocycles. The van der Waals surface area contributed by atoms with Gasteiger partial charge in [0.15, 0.2) is 0 Å². The molecular weight excluding hydrogens is 246 g/mol. The quantitative estimate of drug-likeness (QED) is 0.909. The molecule has 0 amide bonds. The lowest BCUT2D eigenvalue weighted by Crippen LogP contribution is -2.37. The zero-order chi connectivity index (χ0) is 13.0. The van der Waals surface area contributed by atoms with Crippen molar-refractivity contribution in [1.82, 2.24) is 5.32 Å². The van der Waals surface area contributed by atoms with E-state index in [4.69, 9.17) is 4.74 Å². The second-order valence-electron chi connectivity index (χ2n) is 4.75. The van der Waals surface area contributed by atoms with Gasteiger partial charge in [-0.1, -0.05) is 18.2 Å². The minimum absolute atomic E-state index is 0.262. The maximum atomic E-state index is 11.3. The lowest BCUT2D eigenvalue weighted by Gasteiger charge is -2.27. The Morgan fingerprint density at radius 2 is 2.00 bits per heavy atom. The van der Waals surface area contributed by atoms with Crippen molar-refractivity contribution in [2.24, 2.45) is 0 Å². The van der Waals surface area contributed by atoms with E-state index in [9.17, 15) is 4.21 Å². The van der Waals surface area contributed by atoms with E-state index in [0.29, 0.717) is 6.04 Å². The highest BCUT2D eigenvalue weighted by Crippen LogP contribution is 2.25. The molecule has 1 aliphatic heterocycles. The summed E-state index contributed by atoms with van der Waals surface area (Å²) >= 11 is 0. The van der Waals surface area contributed by atoms with Crippen molar-refractivity contribution < 1.29 is 8.95 Å². The normalized spacial score (nSPS) is 25.7. The largest absolute Gasteiger partial charge is 0.496 e. The highest BCUT2D eigenvalue weighted by Gasteiger charge is 2.20. The Bertz CT molecular complexity index is 412. The van der Waals surface area contributed by atoms with E-state index in [2.05, 4.69) is 18.3 Å². The summed E-state index contributed by atoms with van der Waals surface area (Å²) in [7, 11) is 1.11. The molecule has 0 aromatic heterocycles. The van der Waals surface area contributed by atoms with Crippen molar-refractivity contribution in [3.05, 3.63) is 29.8 Å². The van der Waals surface area contributed by atoms with Crippen LogP contribution in [0.5, 0.6) is 5.75 Å². The lowest BCUT2D eigenvalue weighted by molar-refractivity contribution is 0.386. The van der Waals surface area contributed by atoms with Gasteiger partial charge in [-0.25, -0.2) is 0 Å². The van der Waals surface area contributed by atoms with Gasteiger partial charge >= 0.3 is 0 Å². The molecule has 1 N–H and O–H groups in total. The minimum atomic E-state index is -0.591. The number of para-hydroxylation sites is 1. The molecular formula is C14H21NO2S. The van der Waals surface area contributed by atoms with E-state index in [1.807, 2.05) is 18.2 Å². The van der Waals surface area contributed by atoms with Crippen LogP contribution in [0, 0.1) is 0 Å². The third-order valence-corrected chi connectivity index (χ3v) is 4.86. The maximum absolute atomic E-state index is 11.3. The zero-order valence-electron chi connectivity index (χ0n) is 11.0. The molecule has 1 aliphatic rings. The molecule has 0 saturated carbocycles. The summed E-state index contributed by atoms with van der Waals surface area (Å²) in [5, 5.41) is 3.62. The van der Waals surface area contributed by atoms with Gasteiger partial charge in [-0.05, 0) is 25.8 Å². The van der Waals surface area contributed by atoms with Crippen LogP contribution < -0.4 is 10.1 Å². The van der Waals surface area contributed by atoms with Crippen molar-refractivity contribution in [2.45, 2.75) is 31.8 Å². The molecule has 3 nitrogen and oxygen atoms in total. The van der Waals surface area contributed by atoms with E-state index >= 15 is 0 Å². The predicted octanol–water partition coefficient (Wildman–Crippen LogP) is 2.26. The van der Waals surface area contributed by atoms with Crippen molar-refractivity contribution in [2.75, 3.05) is 18.6 Å². The summed E-state index contributed by atoms with van der Waals surface area (Å²) < 4.78 is 16.7. The molecule has 18 heavy (non-hydrogen) atoms. The van der Waals surface area contributed by atoms with Gasteiger partial charge in [0.2, 0.25) is 0 Å². The van der Waals surface area contributed by atoms with Gasteiger partial charge in [0.1, 0.15) is 5.75 Å². The summed E-state index contributed by atoms with van der Waals surface area (Å²) in [6.07, 6.45) is 2.01. The van der Waals surface area contributed by atoms with Crippen LogP contribution >= 0.6 is 0 Å². The molecule has 1 atom stereocenters. The SMILES string of the molecule is COc1ccccc1C(C)NC1CCS(=O)CC1. The van der Waals surface area contributed by atoms with Crippen LogP contribution in [0.1, 0.15) is 31.4 Å². The van der Waals surface area contributed by atoms with Crippen molar-refractivity contribution in [1.29, 1.82) is 0 Å². The molecule has 2 rings (SSSR count). The smallest absolute Gasteiger partial charge is 0.123 e. The standard InChI is InChI=1S/C14H21NO2S/c1-11(13-5-3-4-6-14(13)17-2)15-12-7-9-18(16)10-8-12/h3-6,11-12,15H,7-10H2,1-2H3. The number of nitrogens with one attached hydrogen (secondary N) is 1. The first-order chi connectivity index (χ1) is 8.70. The van der Waals surface area contributed by atoms with Crippen LogP contribution in [-0.2, 0) is 10.8 Å². The van der Waals surface area contributed by atoms with E-state index in [1.165, 1.54) is 5.56 Å². The van der Waals surface area contributed by atoms with Crippen LogP contribution in [0.25, 0.3) is 0 Å². The summed E-state index contributed by atoms with van der Waals surface area (Å²) in [5.74, 6) is 2.59. The Kier molecular flexibility index (Phi) is 4.78. The summed E-state index contributed by atoms with van der Waals surface area (Å²) in [4.78, 5) is 0. The Balaban J connectivity index is 1.98. The minimum Gasteiger partial charge on any atom is -0.496 e. The van der Waals surface area contributed by atoms with E-state index in [1.54, 1.807) is 7.11 Å². The van der Waals surface area contributed by atoms with Gasteiger partial charge in [-0.3, -0.25) is 4.21 Å². The predicted molar refractivity (Wildman–Crippen MR) is 75.4 cm³/mol. The van der Waals surface area contributed by atoms with E-state index in [0.717, 1.165) is 30.1 Å². The van der Waals surface area contributed by atoms with Gasteiger partial charge in [0.25, 0.3) is 0 Å². The average molecular weight is 267 g/mol. The fraction of sp³-hybridized carbons (Fsp3) is 0.571. The highest BCUT2D eigenvalue weighted by molar-refractivity contribution is 7.85. The van der Waals surface area contributed by atoms with Crippen LogP contribution in [0.2, 0.25) is 0 Å². The third kappa shape index (κ3) is 3.33. The summed E-state index contributed by atoms with van der Waals surface area (Å²) in [6, 6.07) is 8.84. The van der Waals surface area contributed by atoms with Crippen molar-refractivity contribution in [3.63, 3.8) is 0 Å². The zero-order valence-corrected chi connectivity index (χ0v) is 11.8. The molecule has 0 aliphatic carbocycles. The fourth-order valence-electron chi connectivity index (χ4n) is 2.43. The monoisotopic (exact) mass is 267 g/mol. The fourth-order valence-corrected chi connectivity index (χ4v) is 3.73. The second kappa shape index (κ2) is 6.34. The number of benzene rings is 1. The van der Waals surface area contributed by atoms with Crippen molar-refractivity contribution in [3.8, 4) is 5.75 Å². The molecule has 4 heteroatoms. The van der Waals surface area contributed by atoms with Gasteiger partial charge in [0.05, 0.1) is 7.11 Å². The molecule has 1 aromatic carbocycles. The first-order valence-corrected chi connectivity index (χ1v) is 7.93. The van der Waals surface area contributed by atoms with Crippen LogP contribution in [-0.4, -0.2) is 28.9 Å². The Morgan fingerprint density at radius 3 is 2.67 bits per heavy atom. The van der Waals surface area contributed by atoms with Crippen LogP contribution in [0.4, 0.5) is 0 Å². The Morgan fingerprint density at radius 1 is 1.33 bits per heavy atom. The molecule has 0 radical (unpaired) electrons. The number of methoxy groups -OCH3 is 1. The van der Waals surface area contributed by atoms with E-state index in [-0.39, 0.29) is 6.04 Å². The summed E-state index contributed by atoms with van der Waals surface area (Å²) in [5.41, 5.74) is 1.19. The third-order valence-electron chi connectivity index (χ3n) is 3.48. The van der Waals surface area contributed by atoms with Gasteiger partial charge < -0.3 is 10.1 Å². The Hall–Kier alpha value is -0.870. The van der Waals surface area contributed by atoms with Gasteiger partial charge in [-0.2, -0.15) is 0 Å². The molecule has 1 aromatic rings. The van der Waals surface area contributed by atoms with Crippen LogP contribution in [0.15, 0.2) is 24.3 Å². The number of hydrogen-bond acceptors (Lipinski definition) is 3. The average Bonchev–Trinajstić information content (AvgIpc) is 2.41. The molecule has 1 fully saturated rings. The molecule has 0 spiro atoms. The lowest BCUT2D eigenvalue weighted by atomic mass is 10.0. The van der Waals surface area contributed by atoms with Gasteiger partial charge in [-0.15, -0.1) is 0 Å². The molecule has 1 unspecified atom stereocenters. The highest BCUT2D eigenvalue weighted by atomic mass is 32.2. The number of rotatable bonds is 4. The first kappa shape index (κ1) is 13.6. The first-order valence-electron chi connectivity index (χ1n) is 6.44. The van der Waals surface area contributed by atoms with E-state index < -0.39 is 10.8 Å². The number of hydrogen-bond donors (Lipinski definition) is 1. The molecule has 100 valence electrons. The number of ether oxygens (including phenoxy) is 1. The van der Waals surface area contributed by atoms with Gasteiger partial charge in [0, 0.05) is 40.0 Å². The second-order valence-corrected chi connectivity index (χ2v) is 6.45. The maximum Gasteiger partial charge on any atom is 0.123 e.